The summed E-state index contributed by atoms with van der Waals surface area (Å²) in [6.45, 7) is 10.4. The van der Waals surface area contributed by atoms with Crippen molar-refractivity contribution >= 4 is 11.0 Å². The summed E-state index contributed by atoms with van der Waals surface area (Å²) in [5.74, 6) is 0.953. The Bertz CT molecular complexity index is 544. The molecular formula is C14H21N3. The Morgan fingerprint density at radius 2 is 1.82 bits per heavy atom. The minimum absolute atomic E-state index is 0.196. The van der Waals surface area contributed by atoms with Gasteiger partial charge in [-0.05, 0) is 32.4 Å². The highest BCUT2D eigenvalue weighted by Gasteiger charge is 2.37. The number of para-hydroxylation sites is 1. The van der Waals surface area contributed by atoms with E-state index in [1.165, 1.54) is 5.56 Å². The van der Waals surface area contributed by atoms with E-state index in [0.29, 0.717) is 0 Å². The van der Waals surface area contributed by atoms with Gasteiger partial charge < -0.3 is 10.7 Å². The lowest BCUT2D eigenvalue weighted by Gasteiger charge is -2.36. The van der Waals surface area contributed by atoms with Crippen LogP contribution in [0.4, 0.5) is 0 Å². The molecule has 3 heteroatoms. The quantitative estimate of drug-likeness (QED) is 0.835. The number of fused-ring (bicyclic) bond motifs is 1. The molecule has 1 aromatic heterocycles. The second-order valence-electron chi connectivity index (χ2n) is 5.90. The van der Waals surface area contributed by atoms with Crippen LogP contribution in [0.15, 0.2) is 18.2 Å². The lowest BCUT2D eigenvalue weighted by molar-refractivity contribution is 0.293. The Labute approximate surface area is 102 Å². The van der Waals surface area contributed by atoms with Crippen LogP contribution in [0.2, 0.25) is 0 Å². The SMILES string of the molecule is Cc1cccc2[nH]c(C(C)(C)C(C)(C)N)nc12. The van der Waals surface area contributed by atoms with Gasteiger partial charge in [0.05, 0.1) is 11.0 Å². The molecule has 0 spiro atoms. The van der Waals surface area contributed by atoms with Gasteiger partial charge in [-0.3, -0.25) is 0 Å². The minimum Gasteiger partial charge on any atom is -0.341 e. The second-order valence-corrected chi connectivity index (χ2v) is 5.90. The molecule has 17 heavy (non-hydrogen) atoms. The molecule has 0 unspecified atom stereocenters. The van der Waals surface area contributed by atoms with Crippen molar-refractivity contribution in [3.63, 3.8) is 0 Å². The number of nitrogens with two attached hydrogens (primary N) is 1. The number of aryl methyl sites for hydroxylation is 1. The van der Waals surface area contributed by atoms with E-state index in [2.05, 4.69) is 37.9 Å². The highest BCUT2D eigenvalue weighted by Crippen LogP contribution is 2.32. The third kappa shape index (κ3) is 1.84. The van der Waals surface area contributed by atoms with E-state index in [-0.39, 0.29) is 11.0 Å². The predicted octanol–water partition coefficient (Wildman–Crippen LogP) is 2.89. The molecule has 1 heterocycles. The number of aromatic amines is 1. The van der Waals surface area contributed by atoms with Crippen molar-refractivity contribution in [1.82, 2.24) is 9.97 Å². The predicted molar refractivity (Wildman–Crippen MR) is 72.1 cm³/mol. The zero-order valence-corrected chi connectivity index (χ0v) is 11.3. The van der Waals surface area contributed by atoms with Crippen LogP contribution in [0.1, 0.15) is 39.1 Å². The van der Waals surface area contributed by atoms with Gasteiger partial charge >= 0.3 is 0 Å². The Morgan fingerprint density at radius 1 is 1.18 bits per heavy atom. The van der Waals surface area contributed by atoms with Gasteiger partial charge in [-0.1, -0.05) is 26.0 Å². The van der Waals surface area contributed by atoms with Gasteiger partial charge in [0, 0.05) is 11.0 Å². The van der Waals surface area contributed by atoms with Gasteiger partial charge in [0.2, 0.25) is 0 Å². The number of imidazole rings is 1. The molecule has 0 saturated carbocycles. The average molecular weight is 231 g/mol. The van der Waals surface area contributed by atoms with Crippen molar-refractivity contribution < 1.29 is 0 Å². The summed E-state index contributed by atoms with van der Waals surface area (Å²) in [6, 6.07) is 6.17. The number of H-pyrrole nitrogens is 1. The average Bonchev–Trinajstić information content (AvgIpc) is 2.61. The molecule has 2 rings (SSSR count). The number of nitrogens with one attached hydrogen (secondary N) is 1. The van der Waals surface area contributed by atoms with Gasteiger partial charge in [0.15, 0.2) is 0 Å². The third-order valence-corrected chi connectivity index (χ3v) is 3.92. The van der Waals surface area contributed by atoms with Crippen LogP contribution < -0.4 is 5.73 Å². The minimum atomic E-state index is -0.325. The second kappa shape index (κ2) is 3.57. The fourth-order valence-electron chi connectivity index (χ4n) is 1.78. The first-order valence-corrected chi connectivity index (χ1v) is 5.98. The topological polar surface area (TPSA) is 54.7 Å². The van der Waals surface area contributed by atoms with E-state index < -0.39 is 0 Å². The first kappa shape index (κ1) is 12.1. The molecule has 0 saturated heterocycles. The molecular weight excluding hydrogens is 210 g/mol. The summed E-state index contributed by atoms with van der Waals surface area (Å²) in [4.78, 5) is 8.11. The standard InChI is InChI=1S/C14H21N3/c1-9-7-6-8-10-11(9)17-12(16-10)13(2,3)14(4,5)15/h6-8H,15H2,1-5H3,(H,16,17). The largest absolute Gasteiger partial charge is 0.341 e. The van der Waals surface area contributed by atoms with Crippen molar-refractivity contribution in [3.8, 4) is 0 Å². The van der Waals surface area contributed by atoms with Crippen molar-refractivity contribution in [2.45, 2.75) is 45.6 Å². The molecule has 0 bridgehead atoms. The molecule has 92 valence electrons. The number of rotatable bonds is 2. The van der Waals surface area contributed by atoms with Gasteiger partial charge in [0.25, 0.3) is 0 Å². The number of hydrogen-bond acceptors (Lipinski definition) is 2. The molecule has 0 amide bonds. The van der Waals surface area contributed by atoms with Gasteiger partial charge in [-0.25, -0.2) is 4.98 Å². The van der Waals surface area contributed by atoms with Gasteiger partial charge in [-0.2, -0.15) is 0 Å². The zero-order chi connectivity index (χ0) is 12.8. The Kier molecular flexibility index (Phi) is 2.54. The number of benzene rings is 1. The van der Waals surface area contributed by atoms with E-state index in [1.807, 2.05) is 19.9 Å². The van der Waals surface area contributed by atoms with Gasteiger partial charge in [-0.15, -0.1) is 0 Å². The summed E-state index contributed by atoms with van der Waals surface area (Å²) in [5, 5.41) is 0. The Hall–Kier alpha value is -1.35. The molecule has 3 nitrogen and oxygen atoms in total. The first-order chi connectivity index (χ1) is 7.73. The summed E-state index contributed by atoms with van der Waals surface area (Å²) in [7, 11) is 0. The fraction of sp³-hybridized carbons (Fsp3) is 0.500. The third-order valence-electron chi connectivity index (χ3n) is 3.92. The summed E-state index contributed by atoms with van der Waals surface area (Å²) < 4.78 is 0. The van der Waals surface area contributed by atoms with E-state index >= 15 is 0 Å². The molecule has 2 aromatic rings. The highest BCUT2D eigenvalue weighted by atomic mass is 15.0. The fourth-order valence-corrected chi connectivity index (χ4v) is 1.78. The van der Waals surface area contributed by atoms with Crippen LogP contribution in [0.25, 0.3) is 11.0 Å². The lowest BCUT2D eigenvalue weighted by atomic mass is 9.74. The van der Waals surface area contributed by atoms with Crippen LogP contribution in [0.3, 0.4) is 0 Å². The van der Waals surface area contributed by atoms with Crippen LogP contribution >= 0.6 is 0 Å². The summed E-state index contributed by atoms with van der Waals surface area (Å²) in [6.07, 6.45) is 0. The lowest BCUT2D eigenvalue weighted by Crippen LogP contribution is -2.50. The van der Waals surface area contributed by atoms with E-state index in [1.54, 1.807) is 0 Å². The first-order valence-electron chi connectivity index (χ1n) is 5.98. The molecule has 0 aliphatic carbocycles. The molecule has 0 radical (unpaired) electrons. The van der Waals surface area contributed by atoms with Crippen LogP contribution in [-0.2, 0) is 5.41 Å². The van der Waals surface area contributed by atoms with Crippen molar-refractivity contribution in [3.05, 3.63) is 29.6 Å². The molecule has 0 aliphatic heterocycles. The van der Waals surface area contributed by atoms with Crippen LogP contribution in [0.5, 0.6) is 0 Å². The molecule has 1 aromatic carbocycles. The van der Waals surface area contributed by atoms with E-state index in [9.17, 15) is 0 Å². The molecule has 3 N–H and O–H groups in total. The normalized spacial score (nSPS) is 13.3. The monoisotopic (exact) mass is 231 g/mol. The van der Waals surface area contributed by atoms with Crippen molar-refractivity contribution in [2.24, 2.45) is 5.73 Å². The number of hydrogen-bond donors (Lipinski definition) is 2. The number of aromatic nitrogens is 2. The maximum Gasteiger partial charge on any atom is 0.114 e. The maximum atomic E-state index is 6.25. The van der Waals surface area contributed by atoms with E-state index in [4.69, 9.17) is 10.7 Å². The molecule has 0 atom stereocenters. The summed E-state index contributed by atoms with van der Waals surface area (Å²) in [5.41, 5.74) is 9.04. The maximum absolute atomic E-state index is 6.25. The smallest absolute Gasteiger partial charge is 0.114 e. The molecule has 0 fully saturated rings. The van der Waals surface area contributed by atoms with Crippen LogP contribution in [-0.4, -0.2) is 15.5 Å². The molecule has 0 aliphatic rings. The Morgan fingerprint density at radius 3 is 2.35 bits per heavy atom. The highest BCUT2D eigenvalue weighted by molar-refractivity contribution is 5.78. The van der Waals surface area contributed by atoms with Crippen molar-refractivity contribution in [2.75, 3.05) is 0 Å². The van der Waals surface area contributed by atoms with Crippen molar-refractivity contribution in [1.29, 1.82) is 0 Å². The summed E-state index contributed by atoms with van der Waals surface area (Å²) >= 11 is 0. The van der Waals surface area contributed by atoms with Gasteiger partial charge in [0.1, 0.15) is 5.82 Å². The Balaban J connectivity index is 2.62. The zero-order valence-electron chi connectivity index (χ0n) is 11.3. The van der Waals surface area contributed by atoms with Crippen LogP contribution in [0, 0.1) is 6.92 Å². The van der Waals surface area contributed by atoms with E-state index in [0.717, 1.165) is 16.9 Å². The number of nitrogens with zero attached hydrogens (tertiary/aromatic N) is 1.